The molecular weight excluding hydrogens is 324 g/mol. The summed E-state index contributed by atoms with van der Waals surface area (Å²) in [5, 5.41) is 2.94. The summed E-state index contributed by atoms with van der Waals surface area (Å²) >= 11 is 0. The zero-order valence-electron chi connectivity index (χ0n) is 15.9. The highest BCUT2D eigenvalue weighted by Crippen LogP contribution is 2.29. The van der Waals surface area contributed by atoms with E-state index in [0.717, 1.165) is 28.8 Å². The van der Waals surface area contributed by atoms with Gasteiger partial charge in [-0.25, -0.2) is 4.98 Å². The number of benzene rings is 2. The van der Waals surface area contributed by atoms with E-state index >= 15 is 0 Å². The SMILES string of the molecule is CC[C@@H](C)c1ccc2oc(-c3cccc(NC(=O)CC(C)C)c3)nc2c1. The first-order chi connectivity index (χ1) is 12.5. The Balaban J connectivity index is 1.86. The number of aromatic nitrogens is 1. The molecule has 4 heteroatoms. The number of nitrogens with zero attached hydrogens (tertiary/aromatic N) is 1. The fraction of sp³-hybridized carbons (Fsp3) is 0.364. The van der Waals surface area contributed by atoms with Crippen LogP contribution < -0.4 is 5.32 Å². The van der Waals surface area contributed by atoms with Crippen molar-refractivity contribution in [2.75, 3.05) is 5.32 Å². The molecule has 0 unspecified atom stereocenters. The summed E-state index contributed by atoms with van der Waals surface area (Å²) in [6.45, 7) is 8.46. The third kappa shape index (κ3) is 4.13. The molecule has 0 spiro atoms. The van der Waals surface area contributed by atoms with E-state index in [2.05, 4.69) is 36.3 Å². The van der Waals surface area contributed by atoms with E-state index in [-0.39, 0.29) is 5.91 Å². The molecule has 0 aliphatic heterocycles. The molecule has 26 heavy (non-hydrogen) atoms. The first kappa shape index (κ1) is 18.2. The molecule has 1 aromatic heterocycles. The molecule has 0 saturated carbocycles. The summed E-state index contributed by atoms with van der Waals surface area (Å²) in [6, 6.07) is 13.8. The Morgan fingerprint density at radius 1 is 1.15 bits per heavy atom. The molecular formula is C22H26N2O2. The van der Waals surface area contributed by atoms with Crippen molar-refractivity contribution >= 4 is 22.7 Å². The summed E-state index contributed by atoms with van der Waals surface area (Å²) < 4.78 is 5.92. The molecule has 3 rings (SSSR count). The van der Waals surface area contributed by atoms with E-state index in [1.165, 1.54) is 5.56 Å². The van der Waals surface area contributed by atoms with Gasteiger partial charge in [-0.05, 0) is 54.2 Å². The van der Waals surface area contributed by atoms with E-state index < -0.39 is 0 Å². The van der Waals surface area contributed by atoms with E-state index in [0.29, 0.717) is 24.1 Å². The van der Waals surface area contributed by atoms with Crippen molar-refractivity contribution < 1.29 is 9.21 Å². The average molecular weight is 350 g/mol. The highest BCUT2D eigenvalue weighted by molar-refractivity contribution is 5.91. The topological polar surface area (TPSA) is 55.1 Å². The summed E-state index contributed by atoms with van der Waals surface area (Å²) in [5.74, 6) is 1.42. The van der Waals surface area contributed by atoms with Gasteiger partial charge in [-0.2, -0.15) is 0 Å². The minimum Gasteiger partial charge on any atom is -0.436 e. The van der Waals surface area contributed by atoms with E-state index in [1.54, 1.807) is 0 Å². The van der Waals surface area contributed by atoms with Crippen LogP contribution in [-0.2, 0) is 4.79 Å². The van der Waals surface area contributed by atoms with E-state index in [4.69, 9.17) is 4.42 Å². The lowest BCUT2D eigenvalue weighted by Crippen LogP contribution is -2.13. The van der Waals surface area contributed by atoms with Crippen LogP contribution in [0, 0.1) is 5.92 Å². The summed E-state index contributed by atoms with van der Waals surface area (Å²) in [7, 11) is 0. The van der Waals surface area contributed by atoms with Crippen molar-refractivity contribution in [3.8, 4) is 11.5 Å². The Bertz CT molecular complexity index is 911. The number of hydrogen-bond donors (Lipinski definition) is 1. The lowest BCUT2D eigenvalue weighted by atomic mass is 9.98. The average Bonchev–Trinajstić information content (AvgIpc) is 3.03. The summed E-state index contributed by atoms with van der Waals surface area (Å²) in [6.07, 6.45) is 1.60. The van der Waals surface area contributed by atoms with Crippen LogP contribution in [0.2, 0.25) is 0 Å². The molecule has 3 aromatic rings. The van der Waals surface area contributed by atoms with E-state index in [1.807, 2.05) is 44.2 Å². The number of rotatable bonds is 6. The van der Waals surface area contributed by atoms with Gasteiger partial charge in [0.2, 0.25) is 11.8 Å². The Labute approximate surface area is 154 Å². The van der Waals surface area contributed by atoms with Crippen molar-refractivity contribution in [3.05, 3.63) is 48.0 Å². The standard InChI is InChI=1S/C22H26N2O2/c1-5-15(4)16-9-10-20-19(13-16)24-22(26-20)17-7-6-8-18(12-17)23-21(25)11-14(2)3/h6-10,12-15H,5,11H2,1-4H3,(H,23,25)/t15-/m1/s1. The molecule has 0 aliphatic rings. The van der Waals surface area contributed by atoms with Gasteiger partial charge in [0.15, 0.2) is 5.58 Å². The second-order valence-corrected chi connectivity index (χ2v) is 7.28. The Hall–Kier alpha value is -2.62. The van der Waals surface area contributed by atoms with Crippen LogP contribution in [0.1, 0.15) is 52.0 Å². The van der Waals surface area contributed by atoms with Crippen molar-refractivity contribution in [2.45, 2.75) is 46.5 Å². The number of hydrogen-bond acceptors (Lipinski definition) is 3. The Morgan fingerprint density at radius 2 is 1.96 bits per heavy atom. The molecule has 4 nitrogen and oxygen atoms in total. The molecule has 0 fully saturated rings. The molecule has 2 aromatic carbocycles. The second kappa shape index (κ2) is 7.73. The summed E-state index contributed by atoms with van der Waals surface area (Å²) in [4.78, 5) is 16.6. The maximum absolute atomic E-state index is 12.0. The summed E-state index contributed by atoms with van der Waals surface area (Å²) in [5.41, 5.74) is 4.53. The largest absolute Gasteiger partial charge is 0.436 e. The fourth-order valence-corrected chi connectivity index (χ4v) is 2.92. The normalized spacial score (nSPS) is 12.5. The van der Waals surface area contributed by atoms with Gasteiger partial charge in [0.05, 0.1) is 0 Å². The smallest absolute Gasteiger partial charge is 0.227 e. The molecule has 1 atom stereocenters. The van der Waals surface area contributed by atoms with E-state index in [9.17, 15) is 4.79 Å². The lowest BCUT2D eigenvalue weighted by Gasteiger charge is -2.07. The first-order valence-electron chi connectivity index (χ1n) is 9.27. The van der Waals surface area contributed by atoms with Crippen molar-refractivity contribution in [2.24, 2.45) is 5.92 Å². The molecule has 0 bridgehead atoms. The van der Waals surface area contributed by atoms with Crippen molar-refractivity contribution in [1.82, 2.24) is 4.98 Å². The van der Waals surface area contributed by atoms with Gasteiger partial charge in [0.25, 0.3) is 0 Å². The number of carbonyl (C=O) groups excluding carboxylic acids is 1. The minimum absolute atomic E-state index is 0.0212. The predicted octanol–water partition coefficient (Wildman–Crippen LogP) is 5.99. The maximum atomic E-state index is 12.0. The van der Waals surface area contributed by atoms with Crippen LogP contribution in [-0.4, -0.2) is 10.9 Å². The number of amides is 1. The highest BCUT2D eigenvalue weighted by atomic mass is 16.3. The quantitative estimate of drug-likeness (QED) is 0.594. The van der Waals surface area contributed by atoms with Crippen LogP contribution in [0.25, 0.3) is 22.6 Å². The van der Waals surface area contributed by atoms with Crippen LogP contribution in [0.4, 0.5) is 5.69 Å². The van der Waals surface area contributed by atoms with Crippen molar-refractivity contribution in [3.63, 3.8) is 0 Å². The number of nitrogens with one attached hydrogen (secondary N) is 1. The third-order valence-corrected chi connectivity index (χ3v) is 4.58. The lowest BCUT2D eigenvalue weighted by molar-refractivity contribution is -0.116. The molecule has 1 N–H and O–H groups in total. The zero-order chi connectivity index (χ0) is 18.7. The third-order valence-electron chi connectivity index (χ3n) is 4.58. The number of fused-ring (bicyclic) bond motifs is 1. The molecule has 136 valence electrons. The van der Waals surface area contributed by atoms with Crippen LogP contribution in [0.15, 0.2) is 46.9 Å². The van der Waals surface area contributed by atoms with Gasteiger partial charge in [-0.3, -0.25) is 4.79 Å². The van der Waals surface area contributed by atoms with Crippen molar-refractivity contribution in [1.29, 1.82) is 0 Å². The maximum Gasteiger partial charge on any atom is 0.227 e. The second-order valence-electron chi connectivity index (χ2n) is 7.28. The number of carbonyl (C=O) groups is 1. The van der Waals surface area contributed by atoms with Crippen LogP contribution in [0.5, 0.6) is 0 Å². The number of anilines is 1. The van der Waals surface area contributed by atoms with Gasteiger partial charge in [-0.1, -0.05) is 39.8 Å². The van der Waals surface area contributed by atoms with Gasteiger partial charge < -0.3 is 9.73 Å². The molecule has 0 aliphatic carbocycles. The van der Waals surface area contributed by atoms with Crippen LogP contribution in [0.3, 0.4) is 0 Å². The molecule has 0 saturated heterocycles. The number of oxazole rings is 1. The Morgan fingerprint density at radius 3 is 2.69 bits per heavy atom. The zero-order valence-corrected chi connectivity index (χ0v) is 15.9. The van der Waals surface area contributed by atoms with Gasteiger partial charge >= 0.3 is 0 Å². The van der Waals surface area contributed by atoms with Crippen LogP contribution >= 0.6 is 0 Å². The first-order valence-corrected chi connectivity index (χ1v) is 9.27. The monoisotopic (exact) mass is 350 g/mol. The minimum atomic E-state index is 0.0212. The van der Waals surface area contributed by atoms with Gasteiger partial charge in [0, 0.05) is 17.7 Å². The molecule has 1 heterocycles. The molecule has 0 radical (unpaired) electrons. The highest BCUT2D eigenvalue weighted by Gasteiger charge is 2.12. The fourth-order valence-electron chi connectivity index (χ4n) is 2.92. The molecule has 1 amide bonds. The Kier molecular flexibility index (Phi) is 5.40. The predicted molar refractivity (Wildman–Crippen MR) is 106 cm³/mol. The van der Waals surface area contributed by atoms with Gasteiger partial charge in [-0.15, -0.1) is 0 Å². The van der Waals surface area contributed by atoms with Gasteiger partial charge in [0.1, 0.15) is 5.52 Å².